The minimum Gasteiger partial charge on any atom is -0.328 e. The number of halogens is 2. The molecule has 1 heterocycles. The Labute approximate surface area is 142 Å². The summed E-state index contributed by atoms with van der Waals surface area (Å²) in [6.07, 6.45) is 1.70. The molecule has 0 radical (unpaired) electrons. The van der Waals surface area contributed by atoms with Gasteiger partial charge >= 0.3 is 0 Å². The molecular weight excluding hydrogens is 341 g/mol. The van der Waals surface area contributed by atoms with E-state index in [9.17, 15) is 12.8 Å². The van der Waals surface area contributed by atoms with E-state index in [1.54, 1.807) is 6.07 Å². The number of nitrogens with zero attached hydrogens (tertiary/aromatic N) is 2. The maximum atomic E-state index is 13.9. The minimum atomic E-state index is -3.67. The topological polar surface area (TPSA) is 66.6 Å². The van der Waals surface area contributed by atoms with Gasteiger partial charge in [-0.05, 0) is 37.8 Å². The summed E-state index contributed by atoms with van der Waals surface area (Å²) < 4.78 is 41.9. The van der Waals surface area contributed by atoms with E-state index in [1.165, 1.54) is 23.5 Å². The monoisotopic (exact) mass is 363 g/mol. The molecule has 1 aliphatic rings. The van der Waals surface area contributed by atoms with Crippen LogP contribution >= 0.6 is 11.6 Å². The average molecular weight is 364 g/mol. The predicted molar refractivity (Wildman–Crippen MR) is 89.7 cm³/mol. The SMILES string of the molecule is CC(N)C1CCCN(S(=O)(=O)N(C)Cc2c(F)cccc2Cl)C1. The van der Waals surface area contributed by atoms with Gasteiger partial charge in [-0.3, -0.25) is 0 Å². The van der Waals surface area contributed by atoms with E-state index in [0.29, 0.717) is 13.1 Å². The number of nitrogens with two attached hydrogens (primary N) is 1. The molecule has 1 saturated heterocycles. The van der Waals surface area contributed by atoms with Crippen molar-refractivity contribution in [3.8, 4) is 0 Å². The predicted octanol–water partition coefficient (Wildman–Crippen LogP) is 2.21. The van der Waals surface area contributed by atoms with Crippen molar-refractivity contribution in [1.29, 1.82) is 0 Å². The second-order valence-electron chi connectivity index (χ2n) is 6.08. The van der Waals surface area contributed by atoms with Crippen LogP contribution in [0.2, 0.25) is 5.02 Å². The molecule has 0 aromatic heterocycles. The molecule has 0 saturated carbocycles. The van der Waals surface area contributed by atoms with Gasteiger partial charge < -0.3 is 5.73 Å². The first-order valence-corrected chi connectivity index (χ1v) is 9.41. The van der Waals surface area contributed by atoms with Crippen LogP contribution in [-0.2, 0) is 16.8 Å². The number of rotatable bonds is 5. The fraction of sp³-hybridized carbons (Fsp3) is 0.600. The zero-order chi connectivity index (χ0) is 17.2. The van der Waals surface area contributed by atoms with Crippen molar-refractivity contribution < 1.29 is 12.8 Å². The van der Waals surface area contributed by atoms with Crippen LogP contribution in [0.1, 0.15) is 25.3 Å². The van der Waals surface area contributed by atoms with E-state index in [4.69, 9.17) is 17.3 Å². The van der Waals surface area contributed by atoms with Gasteiger partial charge in [0.15, 0.2) is 0 Å². The molecular formula is C15H23ClFN3O2S. The average Bonchev–Trinajstić information content (AvgIpc) is 2.51. The van der Waals surface area contributed by atoms with Crippen LogP contribution in [0.4, 0.5) is 4.39 Å². The van der Waals surface area contributed by atoms with Crippen molar-refractivity contribution in [2.24, 2.45) is 11.7 Å². The fourth-order valence-corrected chi connectivity index (χ4v) is 4.45. The largest absolute Gasteiger partial charge is 0.328 e. The summed E-state index contributed by atoms with van der Waals surface area (Å²) >= 11 is 5.98. The lowest BCUT2D eigenvalue weighted by Gasteiger charge is -2.35. The molecule has 1 fully saturated rings. The normalized spacial score (nSPS) is 21.6. The van der Waals surface area contributed by atoms with Crippen LogP contribution < -0.4 is 5.73 Å². The van der Waals surface area contributed by atoms with E-state index in [-0.39, 0.29) is 29.1 Å². The molecule has 0 aliphatic carbocycles. The summed E-state index contributed by atoms with van der Waals surface area (Å²) in [5.41, 5.74) is 6.09. The highest BCUT2D eigenvalue weighted by Gasteiger charge is 2.33. The number of hydrogen-bond acceptors (Lipinski definition) is 3. The summed E-state index contributed by atoms with van der Waals surface area (Å²) in [4.78, 5) is 0. The Bertz CT molecular complexity index is 634. The lowest BCUT2D eigenvalue weighted by molar-refractivity contribution is 0.230. The van der Waals surface area contributed by atoms with E-state index in [0.717, 1.165) is 17.1 Å². The number of benzene rings is 1. The van der Waals surface area contributed by atoms with Gasteiger partial charge in [0.1, 0.15) is 5.82 Å². The summed E-state index contributed by atoms with van der Waals surface area (Å²) in [5, 5.41) is 0.221. The number of piperidine rings is 1. The summed E-state index contributed by atoms with van der Waals surface area (Å²) in [7, 11) is -2.24. The second-order valence-corrected chi connectivity index (χ2v) is 8.53. The Morgan fingerprint density at radius 1 is 1.52 bits per heavy atom. The maximum absolute atomic E-state index is 13.9. The smallest absolute Gasteiger partial charge is 0.282 e. The van der Waals surface area contributed by atoms with Crippen LogP contribution in [0.25, 0.3) is 0 Å². The molecule has 2 unspecified atom stereocenters. The van der Waals surface area contributed by atoms with Gasteiger partial charge in [0, 0.05) is 43.3 Å². The third-order valence-corrected chi connectivity index (χ3v) is 6.58. The van der Waals surface area contributed by atoms with Gasteiger partial charge in [-0.1, -0.05) is 17.7 Å². The van der Waals surface area contributed by atoms with Crippen LogP contribution in [-0.4, -0.2) is 43.2 Å². The molecule has 8 heteroatoms. The third-order valence-electron chi connectivity index (χ3n) is 4.33. The molecule has 1 aliphatic heterocycles. The van der Waals surface area contributed by atoms with E-state index in [2.05, 4.69) is 0 Å². The molecule has 130 valence electrons. The molecule has 2 rings (SSSR count). The highest BCUT2D eigenvalue weighted by atomic mass is 35.5. The zero-order valence-electron chi connectivity index (χ0n) is 13.4. The lowest BCUT2D eigenvalue weighted by atomic mass is 9.93. The summed E-state index contributed by atoms with van der Waals surface area (Å²) in [6, 6.07) is 4.26. The Morgan fingerprint density at radius 3 is 2.83 bits per heavy atom. The third kappa shape index (κ3) is 4.22. The molecule has 1 aromatic rings. The lowest BCUT2D eigenvalue weighted by Crippen LogP contribution is -2.49. The van der Waals surface area contributed by atoms with Crippen molar-refractivity contribution in [3.05, 3.63) is 34.6 Å². The molecule has 2 N–H and O–H groups in total. The van der Waals surface area contributed by atoms with Gasteiger partial charge in [0.2, 0.25) is 0 Å². The standard InChI is InChI=1S/C15H23ClFN3O2S/c1-11(18)12-5-4-8-20(9-12)23(21,22)19(2)10-13-14(16)6-3-7-15(13)17/h3,6-7,11-12H,4-5,8-10,18H2,1-2H3. The highest BCUT2D eigenvalue weighted by molar-refractivity contribution is 7.86. The summed E-state index contributed by atoms with van der Waals surface area (Å²) in [6.45, 7) is 2.65. The van der Waals surface area contributed by atoms with Crippen molar-refractivity contribution in [1.82, 2.24) is 8.61 Å². The van der Waals surface area contributed by atoms with Gasteiger partial charge in [0.25, 0.3) is 10.2 Å². The van der Waals surface area contributed by atoms with E-state index >= 15 is 0 Å². The Morgan fingerprint density at radius 2 is 2.22 bits per heavy atom. The van der Waals surface area contributed by atoms with Gasteiger partial charge in [-0.25, -0.2) is 4.39 Å². The first kappa shape index (κ1) is 18.6. The Kier molecular flexibility index (Phi) is 6.02. The zero-order valence-corrected chi connectivity index (χ0v) is 14.9. The van der Waals surface area contributed by atoms with Crippen molar-refractivity contribution in [2.45, 2.75) is 32.4 Å². The second kappa shape index (κ2) is 7.44. The minimum absolute atomic E-state index is 0.0562. The van der Waals surface area contributed by atoms with E-state index in [1.807, 2.05) is 6.92 Å². The molecule has 2 atom stereocenters. The maximum Gasteiger partial charge on any atom is 0.282 e. The van der Waals surface area contributed by atoms with Crippen molar-refractivity contribution >= 4 is 21.8 Å². The van der Waals surface area contributed by atoms with Gasteiger partial charge in [0.05, 0.1) is 0 Å². The van der Waals surface area contributed by atoms with Crippen molar-refractivity contribution in [2.75, 3.05) is 20.1 Å². The van der Waals surface area contributed by atoms with Crippen LogP contribution in [0, 0.1) is 11.7 Å². The molecule has 0 amide bonds. The molecule has 0 spiro atoms. The Hall–Kier alpha value is -0.730. The highest BCUT2D eigenvalue weighted by Crippen LogP contribution is 2.25. The van der Waals surface area contributed by atoms with Gasteiger partial charge in [-0.2, -0.15) is 17.0 Å². The van der Waals surface area contributed by atoms with Crippen molar-refractivity contribution in [3.63, 3.8) is 0 Å². The van der Waals surface area contributed by atoms with E-state index < -0.39 is 16.0 Å². The number of hydrogen-bond donors (Lipinski definition) is 1. The quantitative estimate of drug-likeness (QED) is 0.872. The molecule has 1 aromatic carbocycles. The molecule has 5 nitrogen and oxygen atoms in total. The van der Waals surface area contributed by atoms with Gasteiger partial charge in [-0.15, -0.1) is 0 Å². The molecule has 0 bridgehead atoms. The summed E-state index contributed by atoms with van der Waals surface area (Å²) in [5.74, 6) is -0.365. The molecule has 23 heavy (non-hydrogen) atoms. The Balaban J connectivity index is 2.15. The first-order valence-electron chi connectivity index (χ1n) is 7.63. The fourth-order valence-electron chi connectivity index (χ4n) is 2.80. The van der Waals surface area contributed by atoms with Crippen LogP contribution in [0.15, 0.2) is 18.2 Å². The van der Waals surface area contributed by atoms with Crippen LogP contribution in [0.5, 0.6) is 0 Å². The van der Waals surface area contributed by atoms with Crippen LogP contribution in [0.3, 0.4) is 0 Å². The first-order chi connectivity index (χ1) is 10.7.